The van der Waals surface area contributed by atoms with E-state index in [0.29, 0.717) is 24.0 Å². The molecule has 3 aromatic heterocycles. The molecule has 0 spiro atoms. The number of nitrogens with two attached hydrogens (primary N) is 1. The zero-order chi connectivity index (χ0) is 18.4. The van der Waals surface area contributed by atoms with Gasteiger partial charge in [-0.25, -0.2) is 5.48 Å². The van der Waals surface area contributed by atoms with E-state index < -0.39 is 0 Å². The van der Waals surface area contributed by atoms with Gasteiger partial charge in [-0.1, -0.05) is 0 Å². The van der Waals surface area contributed by atoms with E-state index in [4.69, 9.17) is 10.9 Å². The summed E-state index contributed by atoms with van der Waals surface area (Å²) in [7, 11) is 1.88. The molecular weight excluding hydrogens is 336 g/mol. The number of anilines is 2. The van der Waals surface area contributed by atoms with E-state index in [1.807, 2.05) is 24.7 Å². The van der Waals surface area contributed by atoms with Gasteiger partial charge < -0.3 is 20.4 Å². The fourth-order valence-corrected chi connectivity index (χ4v) is 3.58. The Hall–Kier alpha value is -2.85. The van der Waals surface area contributed by atoms with Crippen LogP contribution >= 0.6 is 0 Å². The number of pyridine rings is 1. The fourth-order valence-electron chi connectivity index (χ4n) is 3.58. The highest BCUT2D eigenvalue weighted by Gasteiger charge is 2.25. The van der Waals surface area contributed by atoms with Gasteiger partial charge in [-0.15, -0.1) is 0 Å². The minimum Gasteiger partial charge on any atom is -0.382 e. The summed E-state index contributed by atoms with van der Waals surface area (Å²) in [6.45, 7) is 3.97. The van der Waals surface area contributed by atoms with Crippen LogP contribution < -0.4 is 21.7 Å². The molecule has 1 aliphatic heterocycles. The van der Waals surface area contributed by atoms with E-state index in [1.54, 1.807) is 10.8 Å². The summed E-state index contributed by atoms with van der Waals surface area (Å²) in [5.41, 5.74) is 10.2. The number of nitrogens with zero attached hydrogens (tertiary/aromatic N) is 5. The average Bonchev–Trinajstić information content (AvgIpc) is 3.34. The Bertz CT molecular complexity index is 1020. The first-order valence-electron chi connectivity index (χ1n) is 8.59. The molecule has 138 valence electrons. The lowest BCUT2D eigenvalue weighted by Crippen LogP contribution is -2.30. The lowest BCUT2D eigenvalue weighted by atomic mass is 10.1. The molecule has 26 heavy (non-hydrogen) atoms. The number of hydroxylamine groups is 1. The van der Waals surface area contributed by atoms with E-state index in [2.05, 4.69) is 25.7 Å². The van der Waals surface area contributed by atoms with Gasteiger partial charge in [0.2, 0.25) is 0 Å². The first-order chi connectivity index (χ1) is 12.5. The molecule has 1 saturated heterocycles. The largest absolute Gasteiger partial charge is 0.382 e. The number of H-pyrrole nitrogens is 1. The van der Waals surface area contributed by atoms with Gasteiger partial charge in [-0.05, 0) is 13.3 Å². The van der Waals surface area contributed by atoms with Crippen LogP contribution in [0.3, 0.4) is 0 Å². The van der Waals surface area contributed by atoms with Crippen LogP contribution in [0.1, 0.15) is 13.3 Å². The second-order valence-corrected chi connectivity index (χ2v) is 6.56. The van der Waals surface area contributed by atoms with Crippen LogP contribution in [-0.2, 0) is 13.6 Å². The van der Waals surface area contributed by atoms with E-state index in [9.17, 15) is 4.79 Å². The zero-order valence-electron chi connectivity index (χ0n) is 14.7. The van der Waals surface area contributed by atoms with Crippen molar-refractivity contribution in [3.8, 4) is 11.3 Å². The molecule has 1 atom stereocenters. The van der Waals surface area contributed by atoms with Gasteiger partial charge in [0.25, 0.3) is 5.56 Å². The predicted molar refractivity (Wildman–Crippen MR) is 98.2 cm³/mol. The summed E-state index contributed by atoms with van der Waals surface area (Å²) in [4.78, 5) is 14.7. The van der Waals surface area contributed by atoms with Crippen LogP contribution in [0.4, 0.5) is 11.6 Å². The SMILES string of the molecule is CCn1cc(-c2cc(N3CCC(NO)C3)n(C)n2)c2[nH]nc(N)c2c1=O. The van der Waals surface area contributed by atoms with Crippen molar-refractivity contribution in [3.63, 3.8) is 0 Å². The van der Waals surface area contributed by atoms with E-state index in [1.165, 1.54) is 0 Å². The molecule has 10 nitrogen and oxygen atoms in total. The van der Waals surface area contributed by atoms with E-state index in [0.717, 1.165) is 30.0 Å². The van der Waals surface area contributed by atoms with Crippen molar-refractivity contribution in [1.29, 1.82) is 0 Å². The highest BCUT2D eigenvalue weighted by atomic mass is 16.5. The fraction of sp³-hybridized carbons (Fsp3) is 0.438. The molecule has 10 heteroatoms. The van der Waals surface area contributed by atoms with Gasteiger partial charge >= 0.3 is 0 Å². The molecule has 4 rings (SSSR count). The third-order valence-corrected chi connectivity index (χ3v) is 4.99. The van der Waals surface area contributed by atoms with Gasteiger partial charge in [-0.2, -0.15) is 10.2 Å². The molecule has 1 aliphatic rings. The maximum absolute atomic E-state index is 12.5. The third-order valence-electron chi connectivity index (χ3n) is 4.99. The van der Waals surface area contributed by atoms with Crippen molar-refractivity contribution in [2.45, 2.75) is 25.9 Å². The predicted octanol–water partition coefficient (Wildman–Crippen LogP) is 0.285. The van der Waals surface area contributed by atoms with Gasteiger partial charge in [0.1, 0.15) is 11.2 Å². The van der Waals surface area contributed by atoms with Crippen LogP contribution in [0.15, 0.2) is 17.1 Å². The number of nitrogens with one attached hydrogen (secondary N) is 2. The number of aryl methyl sites for hydroxylation is 2. The Labute approximate surface area is 149 Å². The van der Waals surface area contributed by atoms with Gasteiger partial charge in [0.15, 0.2) is 5.82 Å². The first kappa shape index (κ1) is 16.6. The Morgan fingerprint density at radius 2 is 2.31 bits per heavy atom. The summed E-state index contributed by atoms with van der Waals surface area (Å²) >= 11 is 0. The molecule has 0 amide bonds. The topological polar surface area (TPSA) is 130 Å². The molecule has 0 saturated carbocycles. The standard InChI is InChI=1S/C16H22N8O2/c1-3-23-8-10(14-13(16(23)25)15(17)19-18-14)11-6-12(22(2)20-11)24-5-4-9(7-24)21-26/h6,8-9,21,26H,3-5,7H2,1-2H3,(H3,17,18,19). The quantitative estimate of drug-likeness (QED) is 0.493. The maximum atomic E-state index is 12.5. The molecule has 0 bridgehead atoms. The number of aromatic amines is 1. The highest BCUT2D eigenvalue weighted by Crippen LogP contribution is 2.30. The lowest BCUT2D eigenvalue weighted by molar-refractivity contribution is 0.134. The zero-order valence-corrected chi connectivity index (χ0v) is 14.7. The van der Waals surface area contributed by atoms with Crippen LogP contribution in [0.5, 0.6) is 0 Å². The van der Waals surface area contributed by atoms with Gasteiger partial charge in [0, 0.05) is 44.5 Å². The normalized spacial score (nSPS) is 17.5. The number of nitrogen functional groups attached to an aromatic ring is 1. The molecule has 5 N–H and O–H groups in total. The smallest absolute Gasteiger partial charge is 0.263 e. The molecular formula is C16H22N8O2. The van der Waals surface area contributed by atoms with Gasteiger partial charge in [0.05, 0.1) is 17.3 Å². The van der Waals surface area contributed by atoms with Crippen molar-refractivity contribution in [3.05, 3.63) is 22.6 Å². The summed E-state index contributed by atoms with van der Waals surface area (Å²) in [6.07, 6.45) is 2.65. The molecule has 0 aliphatic carbocycles. The van der Waals surface area contributed by atoms with Crippen molar-refractivity contribution in [2.75, 3.05) is 23.7 Å². The Balaban J connectivity index is 1.83. The second-order valence-electron chi connectivity index (χ2n) is 6.56. The Morgan fingerprint density at radius 1 is 1.50 bits per heavy atom. The number of hydrogen-bond donors (Lipinski definition) is 4. The summed E-state index contributed by atoms with van der Waals surface area (Å²) < 4.78 is 3.42. The molecule has 1 fully saturated rings. The van der Waals surface area contributed by atoms with Gasteiger partial charge in [-0.3, -0.25) is 14.6 Å². The number of fused-ring (bicyclic) bond motifs is 1. The molecule has 4 heterocycles. The highest BCUT2D eigenvalue weighted by molar-refractivity contribution is 5.97. The van der Waals surface area contributed by atoms with Crippen molar-refractivity contribution >= 4 is 22.5 Å². The minimum atomic E-state index is -0.162. The summed E-state index contributed by atoms with van der Waals surface area (Å²) in [6, 6.07) is 2.03. The van der Waals surface area contributed by atoms with Crippen LogP contribution in [0.25, 0.3) is 22.2 Å². The van der Waals surface area contributed by atoms with E-state index in [-0.39, 0.29) is 17.4 Å². The average molecular weight is 358 g/mol. The first-order valence-corrected chi connectivity index (χ1v) is 8.59. The molecule has 1 unspecified atom stereocenters. The van der Waals surface area contributed by atoms with Crippen LogP contribution in [-0.4, -0.2) is 48.9 Å². The maximum Gasteiger partial charge on any atom is 0.263 e. The third kappa shape index (κ3) is 2.45. The lowest BCUT2D eigenvalue weighted by Gasteiger charge is -2.17. The Kier molecular flexibility index (Phi) is 3.93. The van der Waals surface area contributed by atoms with Crippen molar-refractivity contribution in [1.82, 2.24) is 30.0 Å². The minimum absolute atomic E-state index is 0.0504. The van der Waals surface area contributed by atoms with Crippen LogP contribution in [0, 0.1) is 0 Å². The molecule has 0 radical (unpaired) electrons. The van der Waals surface area contributed by atoms with Crippen molar-refractivity contribution < 1.29 is 5.21 Å². The summed E-state index contributed by atoms with van der Waals surface area (Å²) in [5.74, 6) is 1.15. The van der Waals surface area contributed by atoms with Crippen molar-refractivity contribution in [2.24, 2.45) is 7.05 Å². The second kappa shape index (κ2) is 6.15. The van der Waals surface area contributed by atoms with Crippen LogP contribution in [0.2, 0.25) is 0 Å². The summed E-state index contributed by atoms with van der Waals surface area (Å²) in [5, 5.41) is 21.0. The monoisotopic (exact) mass is 358 g/mol. The van der Waals surface area contributed by atoms with E-state index >= 15 is 0 Å². The Morgan fingerprint density at radius 3 is 3.00 bits per heavy atom. The number of aromatic nitrogens is 5. The number of hydrogen-bond acceptors (Lipinski definition) is 7. The number of rotatable bonds is 4. The molecule has 0 aromatic carbocycles. The molecule has 3 aromatic rings.